The van der Waals surface area contributed by atoms with E-state index >= 15 is 0 Å². The zero-order valence-electron chi connectivity index (χ0n) is 15.6. The number of anilines is 1. The van der Waals surface area contributed by atoms with Gasteiger partial charge in [-0.1, -0.05) is 44.5 Å². The first-order chi connectivity index (χ1) is 12.9. The highest BCUT2D eigenvalue weighted by Crippen LogP contribution is 2.35. The Morgan fingerprint density at radius 3 is 2.56 bits per heavy atom. The summed E-state index contributed by atoms with van der Waals surface area (Å²) in [4.78, 5) is 22.9. The number of benzene rings is 1. The van der Waals surface area contributed by atoms with E-state index in [-0.39, 0.29) is 24.7 Å². The van der Waals surface area contributed by atoms with Gasteiger partial charge < -0.3 is 10.4 Å². The van der Waals surface area contributed by atoms with E-state index in [0.29, 0.717) is 10.6 Å². The average Bonchev–Trinajstić information content (AvgIpc) is 3.01. The maximum Gasteiger partial charge on any atom is 0.303 e. The molecule has 0 saturated heterocycles. The smallest absolute Gasteiger partial charge is 0.303 e. The predicted molar refractivity (Wildman–Crippen MR) is 108 cm³/mol. The second-order valence-corrected chi connectivity index (χ2v) is 7.60. The number of rotatable bonds is 9. The fourth-order valence-corrected chi connectivity index (χ4v) is 3.81. The Kier molecular flexibility index (Phi) is 7.56. The number of carbonyl (C=O) groups is 2. The van der Waals surface area contributed by atoms with Crippen molar-refractivity contribution < 1.29 is 14.7 Å². The molecule has 0 aliphatic heterocycles. The van der Waals surface area contributed by atoms with Crippen LogP contribution in [0.2, 0.25) is 0 Å². The topological polar surface area (TPSA) is 90.2 Å². The minimum atomic E-state index is -0.922. The van der Waals surface area contributed by atoms with Gasteiger partial charge in [0.1, 0.15) is 11.1 Å². The van der Waals surface area contributed by atoms with Crippen LogP contribution in [0.5, 0.6) is 0 Å². The van der Waals surface area contributed by atoms with Crippen molar-refractivity contribution in [2.24, 2.45) is 5.92 Å². The summed E-state index contributed by atoms with van der Waals surface area (Å²) in [5.74, 6) is -1.46. The van der Waals surface area contributed by atoms with Crippen LogP contribution in [0.1, 0.15) is 50.7 Å². The number of aliphatic carboxylic acids is 1. The number of nitrogens with zero attached hydrogens (tertiary/aromatic N) is 1. The number of amides is 1. The molecule has 0 spiro atoms. The molecular weight excluding hydrogens is 360 g/mol. The maximum atomic E-state index is 12.2. The SMILES string of the molecule is CCCCc1ccc(-c2csc(NC(=O)CC(C)CC(=O)O)c2C#N)cc1. The number of hydrogen-bond donors (Lipinski definition) is 2. The summed E-state index contributed by atoms with van der Waals surface area (Å²) in [6.45, 7) is 3.88. The molecule has 0 aliphatic carbocycles. The molecule has 142 valence electrons. The molecule has 2 rings (SSSR count). The molecule has 0 radical (unpaired) electrons. The lowest BCUT2D eigenvalue weighted by molar-refractivity contribution is -0.138. The Labute approximate surface area is 163 Å². The highest BCUT2D eigenvalue weighted by molar-refractivity contribution is 7.15. The van der Waals surface area contributed by atoms with Crippen LogP contribution in [0, 0.1) is 17.2 Å². The lowest BCUT2D eigenvalue weighted by atomic mass is 10.0. The third-order valence-corrected chi connectivity index (χ3v) is 5.19. The molecule has 1 atom stereocenters. The summed E-state index contributed by atoms with van der Waals surface area (Å²) >= 11 is 1.31. The van der Waals surface area contributed by atoms with Gasteiger partial charge in [0.25, 0.3) is 0 Å². The van der Waals surface area contributed by atoms with E-state index in [4.69, 9.17) is 5.11 Å². The van der Waals surface area contributed by atoms with Gasteiger partial charge in [0.15, 0.2) is 0 Å². The largest absolute Gasteiger partial charge is 0.481 e. The van der Waals surface area contributed by atoms with Crippen molar-refractivity contribution in [3.63, 3.8) is 0 Å². The van der Waals surface area contributed by atoms with Crippen molar-refractivity contribution in [3.05, 3.63) is 40.8 Å². The molecule has 0 saturated carbocycles. The van der Waals surface area contributed by atoms with Crippen LogP contribution in [0.25, 0.3) is 11.1 Å². The Bertz CT molecular complexity index is 834. The third kappa shape index (κ3) is 5.93. The molecule has 1 unspecified atom stereocenters. The number of hydrogen-bond acceptors (Lipinski definition) is 4. The summed E-state index contributed by atoms with van der Waals surface area (Å²) in [6.07, 6.45) is 3.40. The van der Waals surface area contributed by atoms with E-state index in [1.807, 2.05) is 17.5 Å². The fraction of sp³-hybridized carbons (Fsp3) is 0.381. The van der Waals surface area contributed by atoms with Crippen molar-refractivity contribution in [3.8, 4) is 17.2 Å². The van der Waals surface area contributed by atoms with Gasteiger partial charge in [0.2, 0.25) is 5.91 Å². The van der Waals surface area contributed by atoms with Crippen LogP contribution in [0.15, 0.2) is 29.6 Å². The van der Waals surface area contributed by atoms with E-state index < -0.39 is 5.97 Å². The van der Waals surface area contributed by atoms with E-state index in [2.05, 4.69) is 30.4 Å². The fourth-order valence-electron chi connectivity index (χ4n) is 2.87. The van der Waals surface area contributed by atoms with Crippen molar-refractivity contribution in [2.45, 2.75) is 46.0 Å². The molecule has 1 amide bonds. The molecule has 0 aliphatic rings. The lowest BCUT2D eigenvalue weighted by Crippen LogP contribution is -2.16. The van der Waals surface area contributed by atoms with Gasteiger partial charge in [0, 0.05) is 23.8 Å². The molecule has 2 N–H and O–H groups in total. The molecule has 0 fully saturated rings. The Morgan fingerprint density at radius 2 is 1.96 bits per heavy atom. The first kappa shape index (κ1) is 20.7. The van der Waals surface area contributed by atoms with E-state index in [1.165, 1.54) is 16.9 Å². The summed E-state index contributed by atoms with van der Waals surface area (Å²) in [7, 11) is 0. The van der Waals surface area contributed by atoms with Crippen molar-refractivity contribution >= 4 is 28.2 Å². The molecule has 1 aromatic carbocycles. The van der Waals surface area contributed by atoms with Crippen LogP contribution < -0.4 is 5.32 Å². The number of nitriles is 1. The second kappa shape index (κ2) is 9.89. The first-order valence-electron chi connectivity index (χ1n) is 9.07. The van der Waals surface area contributed by atoms with Crippen molar-refractivity contribution in [1.82, 2.24) is 0 Å². The Balaban J connectivity index is 2.11. The summed E-state index contributed by atoms with van der Waals surface area (Å²) in [5, 5.41) is 23.5. The molecular formula is C21H24N2O3S. The summed E-state index contributed by atoms with van der Waals surface area (Å²) in [5.41, 5.74) is 3.47. The van der Waals surface area contributed by atoms with Crippen LogP contribution in [0.4, 0.5) is 5.00 Å². The molecule has 5 nitrogen and oxygen atoms in total. The van der Waals surface area contributed by atoms with Crippen LogP contribution in [-0.4, -0.2) is 17.0 Å². The number of carboxylic acids is 1. The normalized spacial score (nSPS) is 11.6. The highest BCUT2D eigenvalue weighted by atomic mass is 32.1. The van der Waals surface area contributed by atoms with E-state index in [9.17, 15) is 14.9 Å². The zero-order valence-corrected chi connectivity index (χ0v) is 16.4. The number of aryl methyl sites for hydroxylation is 1. The number of carbonyl (C=O) groups excluding carboxylic acids is 1. The van der Waals surface area contributed by atoms with Gasteiger partial charge >= 0.3 is 5.97 Å². The van der Waals surface area contributed by atoms with Gasteiger partial charge in [-0.25, -0.2) is 0 Å². The summed E-state index contributed by atoms with van der Waals surface area (Å²) < 4.78 is 0. The standard InChI is InChI=1S/C21H24N2O3S/c1-3-4-5-15-6-8-16(9-7-15)18-13-27-21(17(18)12-22)23-19(24)10-14(2)11-20(25)26/h6-9,13-14H,3-5,10-11H2,1-2H3,(H,23,24)(H,25,26). The number of thiophene rings is 1. The minimum absolute atomic E-state index is 0.0569. The number of nitrogens with one attached hydrogen (secondary N) is 1. The number of unbranched alkanes of at least 4 members (excludes halogenated alkanes) is 1. The van der Waals surface area contributed by atoms with Crippen molar-refractivity contribution in [2.75, 3.05) is 5.32 Å². The molecule has 27 heavy (non-hydrogen) atoms. The minimum Gasteiger partial charge on any atom is -0.481 e. The van der Waals surface area contributed by atoms with E-state index in [0.717, 1.165) is 30.4 Å². The Hall–Kier alpha value is -2.65. The number of carboxylic acid groups (broad SMARTS) is 1. The van der Waals surface area contributed by atoms with Gasteiger partial charge in [-0.2, -0.15) is 5.26 Å². The van der Waals surface area contributed by atoms with Gasteiger partial charge in [0.05, 0.1) is 5.56 Å². The van der Waals surface area contributed by atoms with Crippen LogP contribution in [0.3, 0.4) is 0 Å². The molecule has 1 heterocycles. The van der Waals surface area contributed by atoms with Gasteiger partial charge in [-0.05, 0) is 29.9 Å². The van der Waals surface area contributed by atoms with Crippen LogP contribution >= 0.6 is 11.3 Å². The summed E-state index contributed by atoms with van der Waals surface area (Å²) in [6, 6.07) is 10.4. The predicted octanol–water partition coefficient (Wildman–Crippen LogP) is 5.07. The molecule has 1 aromatic heterocycles. The molecule has 6 heteroatoms. The monoisotopic (exact) mass is 384 g/mol. The van der Waals surface area contributed by atoms with Gasteiger partial charge in [-0.3, -0.25) is 9.59 Å². The molecule has 2 aromatic rings. The maximum absolute atomic E-state index is 12.2. The Morgan fingerprint density at radius 1 is 1.26 bits per heavy atom. The first-order valence-corrected chi connectivity index (χ1v) is 9.95. The van der Waals surface area contributed by atoms with E-state index in [1.54, 1.807) is 6.92 Å². The quantitative estimate of drug-likeness (QED) is 0.631. The molecule has 0 bridgehead atoms. The highest BCUT2D eigenvalue weighted by Gasteiger charge is 2.17. The zero-order chi connectivity index (χ0) is 19.8. The van der Waals surface area contributed by atoms with Gasteiger partial charge in [-0.15, -0.1) is 11.3 Å². The lowest BCUT2D eigenvalue weighted by Gasteiger charge is -2.09. The third-order valence-electron chi connectivity index (χ3n) is 4.30. The second-order valence-electron chi connectivity index (χ2n) is 6.72. The van der Waals surface area contributed by atoms with Crippen molar-refractivity contribution in [1.29, 1.82) is 5.26 Å². The van der Waals surface area contributed by atoms with Crippen LogP contribution in [-0.2, 0) is 16.0 Å². The average molecular weight is 385 g/mol.